The minimum Gasteiger partial charge on any atom is -0.395 e. The van der Waals surface area contributed by atoms with E-state index >= 15 is 0 Å². The average Bonchev–Trinajstić information content (AvgIpc) is 2.30. The lowest BCUT2D eigenvalue weighted by Gasteiger charge is -2.39. The first-order valence-corrected chi connectivity index (χ1v) is 6.33. The number of nitrogens with zero attached hydrogens (tertiary/aromatic N) is 1. The molecule has 90 valence electrons. The fourth-order valence-corrected chi connectivity index (χ4v) is 2.49. The Kier molecular flexibility index (Phi) is 5.58. The molecule has 2 unspecified atom stereocenters. The van der Waals surface area contributed by atoms with Crippen LogP contribution in [0.25, 0.3) is 0 Å². The van der Waals surface area contributed by atoms with Crippen LogP contribution in [0.2, 0.25) is 0 Å². The first-order valence-electron chi connectivity index (χ1n) is 6.33. The number of hydrogen-bond acceptors (Lipinski definition) is 3. The van der Waals surface area contributed by atoms with Gasteiger partial charge < -0.3 is 10.8 Å². The molecule has 0 radical (unpaired) electrons. The molecule has 0 spiro atoms. The van der Waals surface area contributed by atoms with Crippen molar-refractivity contribution in [3.05, 3.63) is 0 Å². The van der Waals surface area contributed by atoms with Crippen molar-refractivity contribution in [3.8, 4) is 0 Å². The van der Waals surface area contributed by atoms with E-state index in [1.54, 1.807) is 0 Å². The Morgan fingerprint density at radius 3 is 2.33 bits per heavy atom. The summed E-state index contributed by atoms with van der Waals surface area (Å²) in [7, 11) is 0. The maximum Gasteiger partial charge on any atom is 0.0601 e. The molecule has 15 heavy (non-hydrogen) atoms. The van der Waals surface area contributed by atoms with Crippen LogP contribution in [0.1, 0.15) is 39.5 Å². The first-order chi connectivity index (χ1) is 7.22. The molecular weight excluding hydrogens is 188 g/mol. The Hall–Kier alpha value is -0.120. The Labute approximate surface area is 93.6 Å². The van der Waals surface area contributed by atoms with E-state index in [2.05, 4.69) is 18.7 Å². The minimum absolute atomic E-state index is 0.119. The van der Waals surface area contributed by atoms with Crippen LogP contribution >= 0.6 is 0 Å². The van der Waals surface area contributed by atoms with Gasteiger partial charge in [-0.25, -0.2) is 0 Å². The zero-order valence-electron chi connectivity index (χ0n) is 10.2. The van der Waals surface area contributed by atoms with Crippen LogP contribution in [0.5, 0.6) is 0 Å². The van der Waals surface area contributed by atoms with E-state index in [1.165, 1.54) is 19.3 Å². The zero-order chi connectivity index (χ0) is 11.3. The molecule has 1 aliphatic heterocycles. The summed E-state index contributed by atoms with van der Waals surface area (Å²) in [6.07, 6.45) is 4.77. The van der Waals surface area contributed by atoms with Gasteiger partial charge in [0.2, 0.25) is 0 Å². The molecule has 3 heteroatoms. The largest absolute Gasteiger partial charge is 0.395 e. The van der Waals surface area contributed by atoms with Crippen molar-refractivity contribution in [2.24, 2.45) is 11.7 Å². The highest BCUT2D eigenvalue weighted by molar-refractivity contribution is 4.84. The summed E-state index contributed by atoms with van der Waals surface area (Å²) in [5.74, 6) is 0.887. The number of rotatable bonds is 5. The molecule has 1 fully saturated rings. The van der Waals surface area contributed by atoms with E-state index < -0.39 is 0 Å². The van der Waals surface area contributed by atoms with Crippen molar-refractivity contribution in [3.63, 3.8) is 0 Å². The maximum absolute atomic E-state index is 9.38. The van der Waals surface area contributed by atoms with Gasteiger partial charge in [0.15, 0.2) is 0 Å². The topological polar surface area (TPSA) is 49.5 Å². The summed E-state index contributed by atoms with van der Waals surface area (Å²) in [4.78, 5) is 2.38. The molecule has 2 atom stereocenters. The van der Waals surface area contributed by atoms with E-state index in [9.17, 15) is 5.11 Å². The Morgan fingerprint density at radius 1 is 1.33 bits per heavy atom. The second kappa shape index (κ2) is 6.46. The first kappa shape index (κ1) is 12.9. The summed E-state index contributed by atoms with van der Waals surface area (Å²) < 4.78 is 0. The van der Waals surface area contributed by atoms with Crippen LogP contribution < -0.4 is 5.73 Å². The van der Waals surface area contributed by atoms with Crippen molar-refractivity contribution < 1.29 is 5.11 Å². The van der Waals surface area contributed by atoms with Gasteiger partial charge in [-0.2, -0.15) is 0 Å². The van der Waals surface area contributed by atoms with E-state index in [-0.39, 0.29) is 18.7 Å². The number of hydrogen-bond donors (Lipinski definition) is 2. The summed E-state index contributed by atoms with van der Waals surface area (Å²) >= 11 is 0. The van der Waals surface area contributed by atoms with Crippen LogP contribution in [0.4, 0.5) is 0 Å². The number of piperidine rings is 1. The molecule has 0 aromatic carbocycles. The third-order valence-corrected chi connectivity index (χ3v) is 3.85. The lowest BCUT2D eigenvalue weighted by atomic mass is 9.92. The van der Waals surface area contributed by atoms with Gasteiger partial charge in [-0.15, -0.1) is 0 Å². The molecule has 0 aromatic rings. The van der Waals surface area contributed by atoms with Crippen LogP contribution in [0.3, 0.4) is 0 Å². The SMILES string of the molecule is CCC1CCN(C(CO)C(N)CC)CC1. The van der Waals surface area contributed by atoms with E-state index in [1.807, 2.05) is 0 Å². The number of aliphatic hydroxyl groups is 1. The summed E-state index contributed by atoms with van der Waals surface area (Å²) in [5.41, 5.74) is 6.02. The van der Waals surface area contributed by atoms with Gasteiger partial charge in [-0.05, 0) is 38.3 Å². The normalized spacial score (nSPS) is 24.0. The number of aliphatic hydroxyl groups excluding tert-OH is 1. The fraction of sp³-hybridized carbons (Fsp3) is 1.00. The average molecular weight is 214 g/mol. The smallest absolute Gasteiger partial charge is 0.0601 e. The molecule has 0 bridgehead atoms. The maximum atomic E-state index is 9.38. The summed E-state index contributed by atoms with van der Waals surface area (Å²) in [6.45, 7) is 6.77. The van der Waals surface area contributed by atoms with Crippen LogP contribution in [0.15, 0.2) is 0 Å². The Bertz CT molecular complexity index is 167. The highest BCUT2D eigenvalue weighted by Gasteiger charge is 2.26. The molecule has 1 heterocycles. The predicted octanol–water partition coefficient (Wildman–Crippen LogP) is 1.21. The monoisotopic (exact) mass is 214 g/mol. The quantitative estimate of drug-likeness (QED) is 0.723. The molecule has 1 aliphatic rings. The van der Waals surface area contributed by atoms with Crippen LogP contribution in [0, 0.1) is 5.92 Å². The number of nitrogens with two attached hydrogens (primary N) is 1. The Morgan fingerprint density at radius 2 is 1.93 bits per heavy atom. The lowest BCUT2D eigenvalue weighted by molar-refractivity contribution is 0.0701. The third kappa shape index (κ3) is 3.44. The van der Waals surface area contributed by atoms with Crippen molar-refractivity contribution in [1.82, 2.24) is 4.90 Å². The molecule has 1 saturated heterocycles. The number of likely N-dealkylation sites (tertiary alicyclic amines) is 1. The van der Waals surface area contributed by atoms with Gasteiger partial charge in [-0.3, -0.25) is 4.90 Å². The summed E-state index contributed by atoms with van der Waals surface area (Å²) in [5, 5.41) is 9.38. The molecule has 3 N–H and O–H groups in total. The van der Waals surface area contributed by atoms with Crippen LogP contribution in [-0.4, -0.2) is 41.8 Å². The van der Waals surface area contributed by atoms with Crippen LogP contribution in [-0.2, 0) is 0 Å². The highest BCUT2D eigenvalue weighted by atomic mass is 16.3. The molecule has 0 aliphatic carbocycles. The second-order valence-corrected chi connectivity index (χ2v) is 4.71. The predicted molar refractivity (Wildman–Crippen MR) is 63.7 cm³/mol. The molecule has 0 saturated carbocycles. The molecule has 3 nitrogen and oxygen atoms in total. The van der Waals surface area contributed by atoms with E-state index in [0.29, 0.717) is 0 Å². The van der Waals surface area contributed by atoms with Crippen molar-refractivity contribution in [2.45, 2.75) is 51.6 Å². The zero-order valence-corrected chi connectivity index (χ0v) is 10.2. The molecular formula is C12H26N2O. The van der Waals surface area contributed by atoms with Gasteiger partial charge in [0.05, 0.1) is 6.61 Å². The van der Waals surface area contributed by atoms with Crippen molar-refractivity contribution in [2.75, 3.05) is 19.7 Å². The summed E-state index contributed by atoms with van der Waals surface area (Å²) in [6, 6.07) is 0.293. The van der Waals surface area contributed by atoms with Gasteiger partial charge in [0.1, 0.15) is 0 Å². The lowest BCUT2D eigenvalue weighted by Crippen LogP contribution is -2.52. The van der Waals surface area contributed by atoms with E-state index in [0.717, 1.165) is 25.4 Å². The third-order valence-electron chi connectivity index (χ3n) is 3.85. The second-order valence-electron chi connectivity index (χ2n) is 4.71. The minimum atomic E-state index is 0.119. The molecule has 1 rings (SSSR count). The Balaban J connectivity index is 2.42. The van der Waals surface area contributed by atoms with Gasteiger partial charge in [0.25, 0.3) is 0 Å². The van der Waals surface area contributed by atoms with Crippen molar-refractivity contribution in [1.29, 1.82) is 0 Å². The van der Waals surface area contributed by atoms with Gasteiger partial charge >= 0.3 is 0 Å². The van der Waals surface area contributed by atoms with Gasteiger partial charge in [0, 0.05) is 12.1 Å². The molecule has 0 aromatic heterocycles. The molecule has 0 amide bonds. The highest BCUT2D eigenvalue weighted by Crippen LogP contribution is 2.22. The van der Waals surface area contributed by atoms with Crippen molar-refractivity contribution >= 4 is 0 Å². The standard InChI is InChI=1S/C12H26N2O/c1-3-10-5-7-14(8-6-10)12(9-15)11(13)4-2/h10-12,15H,3-9,13H2,1-2H3. The van der Waals surface area contributed by atoms with Gasteiger partial charge in [-0.1, -0.05) is 20.3 Å². The van der Waals surface area contributed by atoms with E-state index in [4.69, 9.17) is 5.73 Å². The fourth-order valence-electron chi connectivity index (χ4n) is 2.49.